The Morgan fingerprint density at radius 1 is 1.12 bits per heavy atom. The van der Waals surface area contributed by atoms with Gasteiger partial charge in [-0.1, -0.05) is 24.3 Å². The molecule has 7 nitrogen and oxygen atoms in total. The Hall–Kier alpha value is -3.00. The smallest absolute Gasteiger partial charge is 0.241 e. The molecule has 0 bridgehead atoms. The fourth-order valence-corrected chi connectivity index (χ4v) is 3.42. The van der Waals surface area contributed by atoms with E-state index in [-0.39, 0.29) is 13.1 Å². The van der Waals surface area contributed by atoms with Crippen LogP contribution in [0.1, 0.15) is 5.56 Å². The van der Waals surface area contributed by atoms with E-state index in [1.54, 1.807) is 42.9 Å². The second-order valence-corrected chi connectivity index (χ2v) is 7.67. The zero-order chi connectivity index (χ0) is 18.6. The minimum atomic E-state index is -3.67. The molecular formula is C18H18N4O3S. The Kier molecular flexibility index (Phi) is 5.13. The van der Waals surface area contributed by atoms with Gasteiger partial charge in [0.05, 0.1) is 17.5 Å². The van der Waals surface area contributed by atoms with E-state index in [1.807, 2.05) is 18.2 Å². The van der Waals surface area contributed by atoms with E-state index in [4.69, 9.17) is 0 Å². The Balaban J connectivity index is 1.84. The largest absolute Gasteiger partial charge is 0.350 e. The van der Waals surface area contributed by atoms with Crippen molar-refractivity contribution >= 4 is 32.5 Å². The van der Waals surface area contributed by atoms with Gasteiger partial charge in [0.25, 0.3) is 0 Å². The standard InChI is InChI=1S/C18H18N4O3S/c1-26(24,25)22(13-17(23)21-12-14-5-3-9-19-11-14)16-8-2-6-15-7-4-10-20-18(15)16/h2-11H,12-13H2,1H3,(H,21,23). The van der Waals surface area contributed by atoms with Crippen molar-refractivity contribution in [3.8, 4) is 0 Å². The highest BCUT2D eigenvalue weighted by Crippen LogP contribution is 2.26. The second kappa shape index (κ2) is 7.49. The molecule has 0 radical (unpaired) electrons. The van der Waals surface area contributed by atoms with Gasteiger partial charge in [0, 0.05) is 30.5 Å². The van der Waals surface area contributed by atoms with Gasteiger partial charge in [-0.2, -0.15) is 0 Å². The maximum atomic E-state index is 12.3. The van der Waals surface area contributed by atoms with Crippen molar-refractivity contribution in [1.29, 1.82) is 0 Å². The minimum absolute atomic E-state index is 0.276. The van der Waals surface area contributed by atoms with E-state index in [2.05, 4.69) is 15.3 Å². The lowest BCUT2D eigenvalue weighted by Crippen LogP contribution is -2.40. The van der Waals surface area contributed by atoms with E-state index in [9.17, 15) is 13.2 Å². The summed E-state index contributed by atoms with van der Waals surface area (Å²) < 4.78 is 25.7. The predicted molar refractivity (Wildman–Crippen MR) is 100 cm³/mol. The first kappa shape index (κ1) is 17.8. The average molecular weight is 370 g/mol. The van der Waals surface area contributed by atoms with Crippen molar-refractivity contribution < 1.29 is 13.2 Å². The molecule has 0 saturated heterocycles. The van der Waals surface area contributed by atoms with Crippen LogP contribution in [0.3, 0.4) is 0 Å². The van der Waals surface area contributed by atoms with Gasteiger partial charge in [-0.15, -0.1) is 0 Å². The van der Waals surface area contributed by atoms with Crippen LogP contribution in [-0.2, 0) is 21.4 Å². The summed E-state index contributed by atoms with van der Waals surface area (Å²) in [6.45, 7) is -0.0488. The van der Waals surface area contributed by atoms with Gasteiger partial charge >= 0.3 is 0 Å². The minimum Gasteiger partial charge on any atom is -0.350 e. The molecule has 0 unspecified atom stereocenters. The summed E-state index contributed by atoms with van der Waals surface area (Å²) in [5.41, 5.74) is 1.74. The van der Waals surface area contributed by atoms with Crippen molar-refractivity contribution in [2.45, 2.75) is 6.54 Å². The number of carbonyl (C=O) groups excluding carboxylic acids is 1. The van der Waals surface area contributed by atoms with Crippen LogP contribution in [0.15, 0.2) is 61.1 Å². The molecule has 2 heterocycles. The van der Waals surface area contributed by atoms with Gasteiger partial charge in [-0.3, -0.25) is 19.1 Å². The van der Waals surface area contributed by atoms with Crippen molar-refractivity contribution in [3.63, 3.8) is 0 Å². The molecule has 0 fully saturated rings. The Morgan fingerprint density at radius 3 is 2.62 bits per heavy atom. The average Bonchev–Trinajstić information content (AvgIpc) is 2.64. The number of nitrogens with zero attached hydrogens (tertiary/aromatic N) is 3. The summed E-state index contributed by atoms with van der Waals surface area (Å²) in [4.78, 5) is 20.6. The Labute approximate surface area is 151 Å². The topological polar surface area (TPSA) is 92.3 Å². The van der Waals surface area contributed by atoms with Crippen molar-refractivity contribution in [2.75, 3.05) is 17.1 Å². The molecule has 3 rings (SSSR count). The van der Waals surface area contributed by atoms with Gasteiger partial charge in [0.2, 0.25) is 15.9 Å². The number of fused-ring (bicyclic) bond motifs is 1. The van der Waals surface area contributed by atoms with E-state index < -0.39 is 15.9 Å². The maximum absolute atomic E-state index is 12.3. The monoisotopic (exact) mass is 370 g/mol. The van der Waals surface area contributed by atoms with Crippen LogP contribution in [0, 0.1) is 0 Å². The van der Waals surface area contributed by atoms with Gasteiger partial charge < -0.3 is 5.32 Å². The summed E-state index contributed by atoms with van der Waals surface area (Å²) in [6.07, 6.45) is 5.95. The molecule has 0 aliphatic heterocycles. The molecule has 0 saturated carbocycles. The number of amides is 1. The van der Waals surface area contributed by atoms with Crippen molar-refractivity contribution in [3.05, 3.63) is 66.6 Å². The van der Waals surface area contributed by atoms with Crippen LogP contribution in [0.2, 0.25) is 0 Å². The third-order valence-electron chi connectivity index (χ3n) is 3.78. The number of pyridine rings is 2. The fourth-order valence-electron chi connectivity index (χ4n) is 2.56. The summed E-state index contributed by atoms with van der Waals surface area (Å²) in [5, 5.41) is 3.51. The second-order valence-electron chi connectivity index (χ2n) is 5.76. The van der Waals surface area contributed by atoms with Crippen LogP contribution < -0.4 is 9.62 Å². The lowest BCUT2D eigenvalue weighted by Gasteiger charge is -2.22. The first-order chi connectivity index (χ1) is 12.4. The quantitative estimate of drug-likeness (QED) is 0.713. The van der Waals surface area contributed by atoms with Gasteiger partial charge in [0.15, 0.2) is 0 Å². The lowest BCUT2D eigenvalue weighted by molar-refractivity contribution is -0.119. The molecule has 3 aromatic rings. The molecule has 26 heavy (non-hydrogen) atoms. The van der Waals surface area contributed by atoms with Gasteiger partial charge in [-0.05, 0) is 23.8 Å². The Morgan fingerprint density at radius 2 is 1.88 bits per heavy atom. The number of sulfonamides is 1. The number of anilines is 1. The van der Waals surface area contributed by atoms with E-state index in [0.29, 0.717) is 11.2 Å². The molecule has 0 aliphatic rings. The van der Waals surface area contributed by atoms with Crippen LogP contribution in [0.25, 0.3) is 10.9 Å². The molecular weight excluding hydrogens is 352 g/mol. The van der Waals surface area contributed by atoms with Crippen molar-refractivity contribution in [2.24, 2.45) is 0 Å². The number of rotatable bonds is 6. The number of nitrogens with one attached hydrogen (secondary N) is 1. The fraction of sp³-hybridized carbons (Fsp3) is 0.167. The third kappa shape index (κ3) is 4.15. The Bertz CT molecular complexity index is 1020. The normalized spacial score (nSPS) is 11.3. The van der Waals surface area contributed by atoms with Gasteiger partial charge in [0.1, 0.15) is 6.54 Å². The van der Waals surface area contributed by atoms with E-state index in [1.165, 1.54) is 0 Å². The van der Waals surface area contributed by atoms with Crippen LogP contribution in [-0.4, -0.2) is 37.1 Å². The highest BCUT2D eigenvalue weighted by atomic mass is 32.2. The third-order valence-corrected chi connectivity index (χ3v) is 4.91. The number of carbonyl (C=O) groups is 1. The number of para-hydroxylation sites is 1. The first-order valence-electron chi connectivity index (χ1n) is 7.92. The van der Waals surface area contributed by atoms with Crippen LogP contribution in [0.5, 0.6) is 0 Å². The molecule has 2 aromatic heterocycles. The summed E-state index contributed by atoms with van der Waals surface area (Å²) >= 11 is 0. The predicted octanol–water partition coefficient (Wildman–Crippen LogP) is 1.71. The van der Waals surface area contributed by atoms with Crippen LogP contribution in [0.4, 0.5) is 5.69 Å². The number of aromatic nitrogens is 2. The number of hydrogen-bond acceptors (Lipinski definition) is 5. The molecule has 1 aromatic carbocycles. The van der Waals surface area contributed by atoms with E-state index in [0.717, 1.165) is 21.5 Å². The molecule has 1 amide bonds. The molecule has 0 spiro atoms. The zero-order valence-corrected chi connectivity index (χ0v) is 15.0. The molecule has 0 aliphatic carbocycles. The summed E-state index contributed by atoms with van der Waals surface area (Å²) in [7, 11) is -3.67. The zero-order valence-electron chi connectivity index (χ0n) is 14.2. The summed E-state index contributed by atoms with van der Waals surface area (Å²) in [6, 6.07) is 12.4. The SMILES string of the molecule is CS(=O)(=O)N(CC(=O)NCc1cccnc1)c1cccc2cccnc12. The maximum Gasteiger partial charge on any atom is 0.241 e. The molecule has 0 atom stereocenters. The number of benzene rings is 1. The highest BCUT2D eigenvalue weighted by molar-refractivity contribution is 7.92. The summed E-state index contributed by atoms with van der Waals surface area (Å²) in [5.74, 6) is -0.410. The first-order valence-corrected chi connectivity index (χ1v) is 9.77. The highest BCUT2D eigenvalue weighted by Gasteiger charge is 2.23. The van der Waals surface area contributed by atoms with Crippen molar-refractivity contribution in [1.82, 2.24) is 15.3 Å². The number of hydrogen-bond donors (Lipinski definition) is 1. The van der Waals surface area contributed by atoms with Crippen LogP contribution >= 0.6 is 0 Å². The molecule has 134 valence electrons. The van der Waals surface area contributed by atoms with Gasteiger partial charge in [-0.25, -0.2) is 8.42 Å². The lowest BCUT2D eigenvalue weighted by atomic mass is 10.2. The molecule has 1 N–H and O–H groups in total. The molecule has 8 heteroatoms. The van der Waals surface area contributed by atoms with E-state index >= 15 is 0 Å².